The van der Waals surface area contributed by atoms with E-state index >= 15 is 0 Å². The van der Waals surface area contributed by atoms with Crippen LogP contribution in [0.4, 0.5) is 0 Å². The molecule has 0 fully saturated rings. The molecule has 4 heteroatoms. The van der Waals surface area contributed by atoms with Crippen LogP contribution in [0.15, 0.2) is 99.9 Å². The average Bonchev–Trinajstić information content (AvgIpc) is 3.16. The van der Waals surface area contributed by atoms with Gasteiger partial charge >= 0.3 is 0 Å². The minimum Gasteiger partial charge on any atom is -0.438 e. The van der Waals surface area contributed by atoms with Gasteiger partial charge in [0.1, 0.15) is 5.58 Å². The quantitative estimate of drug-likeness (QED) is 0.272. The Balaban J connectivity index is 1.68. The summed E-state index contributed by atoms with van der Waals surface area (Å²) in [5.74, 6) is 0.655. The molecule has 0 aliphatic heterocycles. The maximum atomic E-state index is 6.13. The second kappa shape index (κ2) is 6.78. The van der Waals surface area contributed by atoms with Gasteiger partial charge in [-0.15, -0.1) is 0 Å². The molecular weight excluding hydrogens is 436 g/mol. The van der Waals surface area contributed by atoms with Gasteiger partial charge in [0.05, 0.1) is 11.1 Å². The number of rotatable bonds is 2. The Labute approximate surface area is 181 Å². The molecule has 0 bridgehead atoms. The van der Waals surface area contributed by atoms with Crippen molar-refractivity contribution in [1.82, 2.24) is 9.97 Å². The van der Waals surface area contributed by atoms with E-state index < -0.39 is 0 Å². The number of furan rings is 1. The van der Waals surface area contributed by atoms with E-state index in [1.54, 1.807) is 0 Å². The van der Waals surface area contributed by atoms with Crippen molar-refractivity contribution in [2.75, 3.05) is 0 Å². The van der Waals surface area contributed by atoms with Crippen LogP contribution in [-0.2, 0) is 0 Å². The van der Waals surface area contributed by atoms with Gasteiger partial charge in [0.25, 0.3) is 0 Å². The molecule has 2 aromatic heterocycles. The van der Waals surface area contributed by atoms with Gasteiger partial charge in [0.2, 0.25) is 5.71 Å². The Morgan fingerprint density at radius 3 is 2.40 bits per heavy atom. The Hall–Kier alpha value is -3.50. The van der Waals surface area contributed by atoms with Crippen LogP contribution in [0, 0.1) is 0 Å². The fourth-order valence-corrected chi connectivity index (χ4v) is 4.32. The molecule has 0 aliphatic carbocycles. The summed E-state index contributed by atoms with van der Waals surface area (Å²) in [6.07, 6.45) is 0. The van der Waals surface area contributed by atoms with E-state index in [4.69, 9.17) is 14.4 Å². The highest BCUT2D eigenvalue weighted by atomic mass is 79.9. The van der Waals surface area contributed by atoms with Crippen molar-refractivity contribution in [3.8, 4) is 22.6 Å². The first-order valence-electron chi connectivity index (χ1n) is 9.71. The zero-order valence-electron chi connectivity index (χ0n) is 15.8. The van der Waals surface area contributed by atoms with Crippen LogP contribution >= 0.6 is 15.9 Å². The van der Waals surface area contributed by atoms with Crippen LogP contribution in [0.1, 0.15) is 0 Å². The molecule has 0 saturated heterocycles. The monoisotopic (exact) mass is 450 g/mol. The second-order valence-corrected chi connectivity index (χ2v) is 8.16. The van der Waals surface area contributed by atoms with E-state index in [0.717, 1.165) is 43.0 Å². The van der Waals surface area contributed by atoms with Crippen molar-refractivity contribution in [3.63, 3.8) is 0 Å². The molecule has 0 aliphatic rings. The first-order valence-corrected chi connectivity index (χ1v) is 10.5. The Bertz CT molecular complexity index is 1570. The summed E-state index contributed by atoms with van der Waals surface area (Å²) in [6, 6.07) is 30.8. The van der Waals surface area contributed by atoms with Gasteiger partial charge in [-0.3, -0.25) is 0 Å². The molecule has 0 radical (unpaired) electrons. The lowest BCUT2D eigenvalue weighted by atomic mass is 10.0. The summed E-state index contributed by atoms with van der Waals surface area (Å²) in [6.45, 7) is 0. The number of benzene rings is 4. The lowest BCUT2D eigenvalue weighted by molar-refractivity contribution is 0.653. The minimum atomic E-state index is 0.601. The van der Waals surface area contributed by atoms with Crippen LogP contribution in [0.5, 0.6) is 0 Å². The molecule has 6 aromatic rings. The Morgan fingerprint density at radius 1 is 0.667 bits per heavy atom. The summed E-state index contributed by atoms with van der Waals surface area (Å²) in [5.41, 5.74) is 4.27. The van der Waals surface area contributed by atoms with E-state index in [9.17, 15) is 0 Å². The number of aromatic nitrogens is 2. The zero-order chi connectivity index (χ0) is 20.1. The standard InChI is InChI=1S/C26H15BrN2O/c27-20-9-5-8-18(15-20)24-23-21-10-3-4-11-22(21)30-26(23)29-25(28-24)19-13-12-16-6-1-2-7-17(16)14-19/h1-15H. The summed E-state index contributed by atoms with van der Waals surface area (Å²) in [7, 11) is 0. The lowest BCUT2D eigenvalue weighted by Crippen LogP contribution is -1.94. The van der Waals surface area contributed by atoms with Crippen LogP contribution in [0.3, 0.4) is 0 Å². The lowest BCUT2D eigenvalue weighted by Gasteiger charge is -2.08. The maximum absolute atomic E-state index is 6.13. The van der Waals surface area contributed by atoms with Crippen LogP contribution in [0.2, 0.25) is 0 Å². The van der Waals surface area contributed by atoms with Gasteiger partial charge in [0.15, 0.2) is 5.82 Å². The molecule has 0 spiro atoms. The Kier molecular flexibility index (Phi) is 3.93. The highest BCUT2D eigenvalue weighted by Gasteiger charge is 2.18. The zero-order valence-corrected chi connectivity index (χ0v) is 17.4. The fraction of sp³-hybridized carbons (Fsp3) is 0. The van der Waals surface area contributed by atoms with E-state index in [-0.39, 0.29) is 0 Å². The number of para-hydroxylation sites is 1. The van der Waals surface area contributed by atoms with Crippen molar-refractivity contribution >= 4 is 48.8 Å². The molecule has 2 heterocycles. The van der Waals surface area contributed by atoms with E-state index in [0.29, 0.717) is 11.5 Å². The first-order chi connectivity index (χ1) is 14.8. The predicted molar refractivity (Wildman–Crippen MR) is 125 cm³/mol. The third-order valence-electron chi connectivity index (χ3n) is 5.34. The number of fused-ring (bicyclic) bond motifs is 4. The molecule has 4 aromatic carbocycles. The Morgan fingerprint density at radius 2 is 1.50 bits per heavy atom. The van der Waals surface area contributed by atoms with Gasteiger partial charge in [-0.25, -0.2) is 4.98 Å². The smallest absolute Gasteiger partial charge is 0.231 e. The molecule has 3 nitrogen and oxygen atoms in total. The largest absolute Gasteiger partial charge is 0.438 e. The van der Waals surface area contributed by atoms with Crippen LogP contribution in [-0.4, -0.2) is 9.97 Å². The van der Waals surface area contributed by atoms with Gasteiger partial charge in [-0.2, -0.15) is 4.98 Å². The molecule has 30 heavy (non-hydrogen) atoms. The summed E-state index contributed by atoms with van der Waals surface area (Å²) < 4.78 is 7.14. The fourth-order valence-electron chi connectivity index (χ4n) is 3.93. The number of hydrogen-bond donors (Lipinski definition) is 0. The van der Waals surface area contributed by atoms with Crippen molar-refractivity contribution < 1.29 is 4.42 Å². The summed E-state index contributed by atoms with van der Waals surface area (Å²) in [5, 5.41) is 4.31. The SMILES string of the molecule is Brc1cccc(-c2nc(-c3ccc4ccccc4c3)nc3oc4ccccc4c23)c1. The number of hydrogen-bond acceptors (Lipinski definition) is 3. The van der Waals surface area contributed by atoms with Gasteiger partial charge in [-0.05, 0) is 35.0 Å². The average molecular weight is 451 g/mol. The summed E-state index contributed by atoms with van der Waals surface area (Å²) >= 11 is 3.59. The molecule has 6 rings (SSSR count). The second-order valence-electron chi connectivity index (χ2n) is 7.25. The molecule has 142 valence electrons. The highest BCUT2D eigenvalue weighted by molar-refractivity contribution is 9.10. The number of halogens is 1. The molecule has 0 amide bonds. The van der Waals surface area contributed by atoms with Crippen molar-refractivity contribution in [2.45, 2.75) is 0 Å². The number of nitrogens with zero attached hydrogens (tertiary/aromatic N) is 2. The topological polar surface area (TPSA) is 38.9 Å². The molecule has 0 N–H and O–H groups in total. The molecule has 0 unspecified atom stereocenters. The minimum absolute atomic E-state index is 0.601. The molecule has 0 atom stereocenters. The predicted octanol–water partition coefficient (Wildman–Crippen LogP) is 7.63. The van der Waals surface area contributed by atoms with Crippen LogP contribution in [0.25, 0.3) is 55.5 Å². The normalized spacial score (nSPS) is 11.5. The maximum Gasteiger partial charge on any atom is 0.231 e. The summed E-state index contributed by atoms with van der Waals surface area (Å²) in [4.78, 5) is 9.83. The van der Waals surface area contributed by atoms with Crippen molar-refractivity contribution in [3.05, 3.63) is 95.5 Å². The van der Waals surface area contributed by atoms with E-state index in [1.807, 2.05) is 42.5 Å². The molecular formula is C26H15BrN2O. The van der Waals surface area contributed by atoms with E-state index in [2.05, 4.69) is 64.5 Å². The van der Waals surface area contributed by atoms with Crippen LogP contribution < -0.4 is 0 Å². The van der Waals surface area contributed by atoms with Gasteiger partial charge < -0.3 is 4.42 Å². The van der Waals surface area contributed by atoms with Gasteiger partial charge in [0, 0.05) is 21.0 Å². The first kappa shape index (κ1) is 17.4. The van der Waals surface area contributed by atoms with Gasteiger partial charge in [-0.1, -0.05) is 82.7 Å². The van der Waals surface area contributed by atoms with E-state index in [1.165, 1.54) is 5.39 Å². The molecule has 0 saturated carbocycles. The third kappa shape index (κ3) is 2.80. The van der Waals surface area contributed by atoms with Crippen molar-refractivity contribution in [1.29, 1.82) is 0 Å². The van der Waals surface area contributed by atoms with Crippen molar-refractivity contribution in [2.24, 2.45) is 0 Å². The highest BCUT2D eigenvalue weighted by Crippen LogP contribution is 2.37. The third-order valence-corrected chi connectivity index (χ3v) is 5.84.